The van der Waals surface area contributed by atoms with Gasteiger partial charge in [0.1, 0.15) is 0 Å². The third kappa shape index (κ3) is 5.93. The molecule has 0 bridgehead atoms. The Balaban J connectivity index is 1.38. The first kappa shape index (κ1) is 19.6. The molecular formula is C22H25ClN2O2. The van der Waals surface area contributed by atoms with E-state index in [2.05, 4.69) is 22.0 Å². The van der Waals surface area contributed by atoms with E-state index in [1.54, 1.807) is 12.1 Å². The van der Waals surface area contributed by atoms with Crippen LogP contribution in [0.4, 0.5) is 0 Å². The van der Waals surface area contributed by atoms with Crippen LogP contribution >= 0.6 is 11.6 Å². The van der Waals surface area contributed by atoms with Crippen molar-refractivity contribution in [1.29, 1.82) is 0 Å². The Bertz CT molecular complexity index is 781. The van der Waals surface area contributed by atoms with E-state index in [0.29, 0.717) is 5.56 Å². The maximum Gasteiger partial charge on any atom is 0.335 e. The summed E-state index contributed by atoms with van der Waals surface area (Å²) in [6.45, 7) is 6.20. The highest BCUT2D eigenvalue weighted by molar-refractivity contribution is 6.32. The smallest absolute Gasteiger partial charge is 0.335 e. The van der Waals surface area contributed by atoms with Gasteiger partial charge >= 0.3 is 5.97 Å². The quantitative estimate of drug-likeness (QED) is 0.786. The molecule has 0 spiro atoms. The van der Waals surface area contributed by atoms with Crippen molar-refractivity contribution < 1.29 is 9.90 Å². The number of benzene rings is 2. The maximum atomic E-state index is 10.9. The minimum absolute atomic E-state index is 0.345. The third-order valence-corrected chi connectivity index (χ3v) is 5.29. The molecule has 4 nitrogen and oxygen atoms in total. The monoisotopic (exact) mass is 384 g/mol. The second kappa shape index (κ2) is 9.70. The first-order chi connectivity index (χ1) is 13.1. The minimum Gasteiger partial charge on any atom is -0.478 e. The molecule has 1 aliphatic rings. The lowest BCUT2D eigenvalue weighted by Gasteiger charge is -2.34. The largest absolute Gasteiger partial charge is 0.478 e. The van der Waals surface area contributed by atoms with Crippen molar-refractivity contribution in [1.82, 2.24) is 9.80 Å². The fraction of sp³-hybridized carbons (Fsp3) is 0.318. The highest BCUT2D eigenvalue weighted by atomic mass is 35.5. The van der Waals surface area contributed by atoms with E-state index < -0.39 is 5.97 Å². The molecule has 1 N–H and O–H groups in total. The zero-order chi connectivity index (χ0) is 19.1. The zero-order valence-corrected chi connectivity index (χ0v) is 16.1. The van der Waals surface area contributed by atoms with Gasteiger partial charge in [-0.05, 0) is 35.7 Å². The fourth-order valence-corrected chi connectivity index (χ4v) is 3.43. The molecule has 1 saturated heterocycles. The summed E-state index contributed by atoms with van der Waals surface area (Å²) in [5.41, 5.74) is 2.59. The second-order valence-corrected chi connectivity index (χ2v) is 7.23. The summed E-state index contributed by atoms with van der Waals surface area (Å²) >= 11 is 6.17. The number of carbonyl (C=O) groups is 1. The lowest BCUT2D eigenvalue weighted by atomic mass is 10.1. The molecule has 2 aromatic carbocycles. The number of hydrogen-bond acceptors (Lipinski definition) is 3. The van der Waals surface area contributed by atoms with Gasteiger partial charge in [0, 0.05) is 44.3 Å². The van der Waals surface area contributed by atoms with Gasteiger partial charge in [-0.15, -0.1) is 0 Å². The topological polar surface area (TPSA) is 43.8 Å². The normalized spacial score (nSPS) is 16.0. The lowest BCUT2D eigenvalue weighted by Crippen LogP contribution is -2.46. The zero-order valence-electron chi connectivity index (χ0n) is 15.4. The van der Waals surface area contributed by atoms with Crippen LogP contribution in [0, 0.1) is 0 Å². The minimum atomic E-state index is -0.874. The number of nitrogens with zero attached hydrogens (tertiary/aromatic N) is 2. The number of hydrogen-bond donors (Lipinski definition) is 1. The molecule has 1 heterocycles. The van der Waals surface area contributed by atoms with E-state index in [1.807, 2.05) is 36.4 Å². The van der Waals surface area contributed by atoms with Gasteiger partial charge < -0.3 is 10.0 Å². The van der Waals surface area contributed by atoms with E-state index >= 15 is 0 Å². The summed E-state index contributed by atoms with van der Waals surface area (Å²) in [6.07, 6.45) is 5.22. The van der Waals surface area contributed by atoms with Gasteiger partial charge in [0.2, 0.25) is 0 Å². The Kier molecular flexibility index (Phi) is 7.04. The number of piperazine rings is 1. The van der Waals surface area contributed by atoms with Crippen LogP contribution in [-0.2, 0) is 6.42 Å². The van der Waals surface area contributed by atoms with Gasteiger partial charge in [-0.2, -0.15) is 0 Å². The van der Waals surface area contributed by atoms with E-state index in [1.165, 1.54) is 5.56 Å². The molecule has 142 valence electrons. The van der Waals surface area contributed by atoms with Crippen LogP contribution in [0.5, 0.6) is 0 Å². The predicted molar refractivity (Wildman–Crippen MR) is 110 cm³/mol. The molecule has 3 rings (SSSR count). The molecule has 5 heteroatoms. The summed E-state index contributed by atoms with van der Waals surface area (Å²) in [4.78, 5) is 15.8. The van der Waals surface area contributed by atoms with Crippen LogP contribution in [0.1, 0.15) is 21.5 Å². The molecule has 0 unspecified atom stereocenters. The lowest BCUT2D eigenvalue weighted by molar-refractivity contribution is 0.0697. The Morgan fingerprint density at radius 2 is 1.67 bits per heavy atom. The Labute approximate surface area is 165 Å². The van der Waals surface area contributed by atoms with Gasteiger partial charge in [0.15, 0.2) is 0 Å². The highest BCUT2D eigenvalue weighted by Crippen LogP contribution is 2.16. The van der Waals surface area contributed by atoms with Crippen molar-refractivity contribution in [3.05, 3.63) is 76.3 Å². The van der Waals surface area contributed by atoms with Crippen molar-refractivity contribution in [3.8, 4) is 0 Å². The average molecular weight is 385 g/mol. The molecule has 0 aromatic heterocycles. The number of rotatable bonds is 7. The second-order valence-electron chi connectivity index (χ2n) is 6.82. The maximum absolute atomic E-state index is 10.9. The van der Waals surface area contributed by atoms with Crippen molar-refractivity contribution in [2.75, 3.05) is 39.3 Å². The number of aromatic carboxylic acids is 1. The fourth-order valence-electron chi connectivity index (χ4n) is 3.24. The van der Waals surface area contributed by atoms with Crippen molar-refractivity contribution >= 4 is 23.6 Å². The number of carboxylic acid groups (broad SMARTS) is 1. The first-order valence-electron chi connectivity index (χ1n) is 9.30. The van der Waals surface area contributed by atoms with Gasteiger partial charge in [-0.25, -0.2) is 4.79 Å². The Morgan fingerprint density at radius 1 is 1.00 bits per heavy atom. The summed E-state index contributed by atoms with van der Waals surface area (Å²) in [5, 5.41) is 9.74. The number of carboxylic acids is 1. The Morgan fingerprint density at radius 3 is 2.33 bits per heavy atom. The highest BCUT2D eigenvalue weighted by Gasteiger charge is 2.15. The summed E-state index contributed by atoms with van der Waals surface area (Å²) in [6, 6.07) is 15.1. The van der Waals surface area contributed by atoms with E-state index in [9.17, 15) is 4.79 Å². The SMILES string of the molecule is O=C(O)c1ccc(CCN2CCN(C/C=C/c3ccccc3Cl)CC2)cc1. The summed E-state index contributed by atoms with van der Waals surface area (Å²) in [7, 11) is 0. The van der Waals surface area contributed by atoms with Gasteiger partial charge in [0.05, 0.1) is 5.56 Å². The first-order valence-corrected chi connectivity index (χ1v) is 9.67. The summed E-state index contributed by atoms with van der Waals surface area (Å²) < 4.78 is 0. The van der Waals surface area contributed by atoms with E-state index in [-0.39, 0.29) is 0 Å². The van der Waals surface area contributed by atoms with Crippen LogP contribution in [-0.4, -0.2) is 60.1 Å². The standard InChI is InChI=1S/C22H25ClN2O2/c23-21-6-2-1-4-19(21)5-3-12-24-14-16-25(17-15-24)13-11-18-7-9-20(10-8-18)22(26)27/h1-10H,11-17H2,(H,26,27)/b5-3+. The van der Waals surface area contributed by atoms with Crippen molar-refractivity contribution in [3.63, 3.8) is 0 Å². The molecule has 0 saturated carbocycles. The van der Waals surface area contributed by atoms with E-state index in [0.717, 1.165) is 56.3 Å². The van der Waals surface area contributed by atoms with Crippen molar-refractivity contribution in [2.24, 2.45) is 0 Å². The molecule has 0 amide bonds. The van der Waals surface area contributed by atoms with Crippen LogP contribution in [0.2, 0.25) is 5.02 Å². The Hall–Kier alpha value is -2.14. The molecule has 1 fully saturated rings. The van der Waals surface area contributed by atoms with Crippen LogP contribution in [0.15, 0.2) is 54.6 Å². The molecule has 27 heavy (non-hydrogen) atoms. The average Bonchev–Trinajstić information content (AvgIpc) is 2.69. The van der Waals surface area contributed by atoms with Crippen LogP contribution in [0.3, 0.4) is 0 Å². The molecule has 0 atom stereocenters. The van der Waals surface area contributed by atoms with Gasteiger partial charge in [-0.1, -0.05) is 54.1 Å². The molecule has 2 aromatic rings. The number of halogens is 1. The molecule has 0 aliphatic carbocycles. The molecular weight excluding hydrogens is 360 g/mol. The van der Waals surface area contributed by atoms with Crippen LogP contribution in [0.25, 0.3) is 6.08 Å². The van der Waals surface area contributed by atoms with Gasteiger partial charge in [0.25, 0.3) is 0 Å². The van der Waals surface area contributed by atoms with Crippen LogP contribution < -0.4 is 0 Å². The molecule has 1 aliphatic heterocycles. The predicted octanol–water partition coefficient (Wildman–Crippen LogP) is 3.91. The van der Waals surface area contributed by atoms with E-state index in [4.69, 9.17) is 16.7 Å². The molecule has 0 radical (unpaired) electrons. The van der Waals surface area contributed by atoms with Crippen molar-refractivity contribution in [2.45, 2.75) is 6.42 Å². The third-order valence-electron chi connectivity index (χ3n) is 4.95. The summed E-state index contributed by atoms with van der Waals surface area (Å²) in [5.74, 6) is -0.874. The van der Waals surface area contributed by atoms with Gasteiger partial charge in [-0.3, -0.25) is 4.90 Å².